The highest BCUT2D eigenvalue weighted by atomic mass is 127. The maximum atomic E-state index is 4.89. The summed E-state index contributed by atoms with van der Waals surface area (Å²) in [6.07, 6.45) is 13.1. The van der Waals surface area contributed by atoms with Crippen molar-refractivity contribution in [3.63, 3.8) is 0 Å². The second-order valence-corrected chi connectivity index (χ2v) is 8.31. The number of aryl methyl sites for hydroxylation is 1. The molecule has 0 amide bonds. The highest BCUT2D eigenvalue weighted by Gasteiger charge is 2.18. The van der Waals surface area contributed by atoms with Gasteiger partial charge in [0.05, 0.1) is 0 Å². The maximum absolute atomic E-state index is 4.89. The van der Waals surface area contributed by atoms with Gasteiger partial charge in [-0.1, -0.05) is 26.2 Å². The van der Waals surface area contributed by atoms with Crippen molar-refractivity contribution in [1.82, 2.24) is 30.3 Å². The van der Waals surface area contributed by atoms with Crippen LogP contribution in [0.2, 0.25) is 0 Å². The zero-order valence-electron chi connectivity index (χ0n) is 18.3. The fourth-order valence-electron chi connectivity index (χ4n) is 4.40. The summed E-state index contributed by atoms with van der Waals surface area (Å²) >= 11 is 0. The third kappa shape index (κ3) is 8.03. The molecule has 0 radical (unpaired) electrons. The van der Waals surface area contributed by atoms with E-state index in [1.165, 1.54) is 58.0 Å². The molecule has 7 nitrogen and oxygen atoms in total. The molecule has 2 fully saturated rings. The van der Waals surface area contributed by atoms with Gasteiger partial charge in [-0.3, -0.25) is 4.99 Å². The lowest BCUT2D eigenvalue weighted by Crippen LogP contribution is -2.43. The predicted octanol–water partition coefficient (Wildman–Crippen LogP) is 3.20. The number of halogens is 1. The molecule has 3 rings (SSSR count). The number of piperidine rings is 1. The number of hydrogen-bond donors (Lipinski definition) is 2. The highest BCUT2D eigenvalue weighted by molar-refractivity contribution is 14.0. The standard InChI is InChI=1S/C21H39N7.HI/c1-3-20-26-24-17-28(20)16-13-23-21(25-19-10-4-5-11-19)22-12-8-15-27-14-7-6-9-18(27)2;/h17-19H,3-16H2,1-2H3,(H2,22,23,25);1H. The van der Waals surface area contributed by atoms with Crippen LogP contribution >= 0.6 is 24.0 Å². The first-order chi connectivity index (χ1) is 13.8. The number of guanidine groups is 1. The molecule has 29 heavy (non-hydrogen) atoms. The molecule has 0 spiro atoms. The second-order valence-electron chi connectivity index (χ2n) is 8.31. The van der Waals surface area contributed by atoms with Gasteiger partial charge in [-0.2, -0.15) is 0 Å². The van der Waals surface area contributed by atoms with E-state index < -0.39 is 0 Å². The third-order valence-electron chi connectivity index (χ3n) is 6.17. The molecule has 1 saturated carbocycles. The summed E-state index contributed by atoms with van der Waals surface area (Å²) in [5, 5.41) is 15.4. The Balaban J connectivity index is 0.00000300. The minimum absolute atomic E-state index is 0. The Labute approximate surface area is 193 Å². The number of nitrogens with zero attached hydrogens (tertiary/aromatic N) is 5. The fraction of sp³-hybridized carbons (Fsp3) is 0.857. The van der Waals surface area contributed by atoms with Crippen molar-refractivity contribution >= 4 is 29.9 Å². The molecular weight excluding hydrogens is 477 g/mol. The minimum Gasteiger partial charge on any atom is -0.355 e. The van der Waals surface area contributed by atoms with Crippen molar-refractivity contribution in [2.75, 3.05) is 26.2 Å². The molecule has 2 heterocycles. The summed E-state index contributed by atoms with van der Waals surface area (Å²) in [6.45, 7) is 9.51. The Hall–Kier alpha value is -0.900. The van der Waals surface area contributed by atoms with E-state index in [1.54, 1.807) is 0 Å². The second kappa shape index (κ2) is 13.4. The maximum Gasteiger partial charge on any atom is 0.191 e. The number of aromatic nitrogens is 3. The number of aliphatic imine (C=N–C) groups is 1. The van der Waals surface area contributed by atoms with Crippen molar-refractivity contribution in [2.45, 2.75) is 90.3 Å². The van der Waals surface area contributed by atoms with E-state index in [0.717, 1.165) is 50.3 Å². The zero-order chi connectivity index (χ0) is 19.6. The molecular formula is C21H40IN7. The lowest BCUT2D eigenvalue weighted by atomic mass is 10.0. The van der Waals surface area contributed by atoms with E-state index >= 15 is 0 Å². The van der Waals surface area contributed by atoms with Gasteiger partial charge >= 0.3 is 0 Å². The smallest absolute Gasteiger partial charge is 0.191 e. The first kappa shape index (κ1) is 24.4. The predicted molar refractivity (Wildman–Crippen MR) is 130 cm³/mol. The molecule has 1 aliphatic carbocycles. The summed E-state index contributed by atoms with van der Waals surface area (Å²) in [7, 11) is 0. The van der Waals surface area contributed by atoms with E-state index in [9.17, 15) is 0 Å². The Morgan fingerprint density at radius 2 is 1.97 bits per heavy atom. The Bertz CT molecular complexity index is 598. The SMILES string of the molecule is CCc1nncn1CCNC(=NCCCN1CCCCC1C)NC1CCCC1.I. The average molecular weight is 518 g/mol. The number of rotatable bonds is 9. The molecule has 1 unspecified atom stereocenters. The van der Waals surface area contributed by atoms with Gasteiger partial charge in [0.15, 0.2) is 5.96 Å². The van der Waals surface area contributed by atoms with E-state index in [0.29, 0.717) is 6.04 Å². The van der Waals surface area contributed by atoms with Crippen LogP contribution in [0.25, 0.3) is 0 Å². The van der Waals surface area contributed by atoms with Crippen LogP contribution in [-0.2, 0) is 13.0 Å². The quantitative estimate of drug-likeness (QED) is 0.228. The molecule has 1 aliphatic heterocycles. The molecule has 2 N–H and O–H groups in total. The molecule has 1 atom stereocenters. The van der Waals surface area contributed by atoms with Crippen molar-refractivity contribution in [3.8, 4) is 0 Å². The summed E-state index contributed by atoms with van der Waals surface area (Å²) in [5.74, 6) is 2.02. The zero-order valence-corrected chi connectivity index (χ0v) is 20.6. The third-order valence-corrected chi connectivity index (χ3v) is 6.17. The molecule has 8 heteroatoms. The van der Waals surface area contributed by atoms with Crippen LogP contribution < -0.4 is 10.6 Å². The summed E-state index contributed by atoms with van der Waals surface area (Å²) < 4.78 is 2.12. The first-order valence-corrected chi connectivity index (χ1v) is 11.4. The van der Waals surface area contributed by atoms with Gasteiger partial charge in [-0.25, -0.2) is 0 Å². The van der Waals surface area contributed by atoms with Gasteiger partial charge in [0.1, 0.15) is 12.2 Å². The largest absolute Gasteiger partial charge is 0.355 e. The van der Waals surface area contributed by atoms with Crippen LogP contribution in [0.3, 0.4) is 0 Å². The molecule has 1 saturated heterocycles. The molecule has 1 aromatic heterocycles. The molecule has 0 aromatic carbocycles. The Kier molecular flexibility index (Phi) is 11.3. The lowest BCUT2D eigenvalue weighted by molar-refractivity contribution is 0.160. The number of nitrogens with one attached hydrogen (secondary N) is 2. The van der Waals surface area contributed by atoms with Crippen molar-refractivity contribution in [1.29, 1.82) is 0 Å². The van der Waals surface area contributed by atoms with Gasteiger partial charge in [0, 0.05) is 44.7 Å². The van der Waals surface area contributed by atoms with Gasteiger partial charge in [-0.05, 0) is 45.6 Å². The fourth-order valence-corrected chi connectivity index (χ4v) is 4.40. The van der Waals surface area contributed by atoms with E-state index in [2.05, 4.69) is 44.1 Å². The molecule has 2 aliphatic rings. The Morgan fingerprint density at radius 1 is 1.17 bits per heavy atom. The van der Waals surface area contributed by atoms with Crippen molar-refractivity contribution < 1.29 is 0 Å². The van der Waals surface area contributed by atoms with Crippen LogP contribution in [-0.4, -0.2) is 63.9 Å². The number of hydrogen-bond acceptors (Lipinski definition) is 4. The van der Waals surface area contributed by atoms with Crippen LogP contribution in [0.1, 0.15) is 71.0 Å². The van der Waals surface area contributed by atoms with Gasteiger partial charge in [-0.15, -0.1) is 34.2 Å². The normalized spacial score (nSPS) is 21.2. The average Bonchev–Trinajstić information content (AvgIpc) is 3.38. The van der Waals surface area contributed by atoms with Gasteiger partial charge < -0.3 is 20.1 Å². The summed E-state index contributed by atoms with van der Waals surface area (Å²) in [5.41, 5.74) is 0. The van der Waals surface area contributed by atoms with E-state index in [1.807, 2.05) is 6.33 Å². The molecule has 0 bridgehead atoms. The van der Waals surface area contributed by atoms with E-state index in [4.69, 9.17) is 4.99 Å². The topological polar surface area (TPSA) is 70.4 Å². The van der Waals surface area contributed by atoms with Gasteiger partial charge in [0.25, 0.3) is 0 Å². The van der Waals surface area contributed by atoms with E-state index in [-0.39, 0.29) is 24.0 Å². The monoisotopic (exact) mass is 517 g/mol. The highest BCUT2D eigenvalue weighted by Crippen LogP contribution is 2.18. The summed E-state index contributed by atoms with van der Waals surface area (Å²) in [6, 6.07) is 1.32. The van der Waals surface area contributed by atoms with Crippen molar-refractivity contribution in [2.24, 2.45) is 4.99 Å². The van der Waals surface area contributed by atoms with Crippen LogP contribution in [0, 0.1) is 0 Å². The van der Waals surface area contributed by atoms with Crippen LogP contribution in [0.5, 0.6) is 0 Å². The summed E-state index contributed by atoms with van der Waals surface area (Å²) in [4.78, 5) is 7.52. The minimum atomic E-state index is 0. The lowest BCUT2D eigenvalue weighted by Gasteiger charge is -2.33. The van der Waals surface area contributed by atoms with Crippen LogP contribution in [0.4, 0.5) is 0 Å². The molecule has 1 aromatic rings. The molecule has 166 valence electrons. The van der Waals surface area contributed by atoms with Crippen molar-refractivity contribution in [3.05, 3.63) is 12.2 Å². The van der Waals surface area contributed by atoms with Crippen LogP contribution in [0.15, 0.2) is 11.3 Å². The Morgan fingerprint density at radius 3 is 2.72 bits per heavy atom. The first-order valence-electron chi connectivity index (χ1n) is 11.4. The number of likely N-dealkylation sites (tertiary alicyclic amines) is 1. The van der Waals surface area contributed by atoms with Gasteiger partial charge in [0.2, 0.25) is 0 Å².